The minimum Gasteiger partial charge on any atom is -0.392 e. The lowest BCUT2D eigenvalue weighted by Crippen LogP contribution is -2.56. The Hall–Kier alpha value is -0.820. The van der Waals surface area contributed by atoms with Gasteiger partial charge in [0, 0.05) is 0 Å². The quantitative estimate of drug-likeness (QED) is 0.382. The molecule has 4 aliphatic carbocycles. The molecule has 0 aromatic heterocycles. The van der Waals surface area contributed by atoms with Gasteiger partial charge in [-0.2, -0.15) is 0 Å². The molecule has 2 unspecified atom stereocenters. The highest BCUT2D eigenvalue weighted by atomic mass is 16.3. The van der Waals surface area contributed by atoms with Crippen LogP contribution < -0.4 is 0 Å². The Kier molecular flexibility index (Phi) is 6.89. The third-order valence-corrected chi connectivity index (χ3v) is 11.1. The molecule has 0 aromatic carbocycles. The second kappa shape index (κ2) is 9.00. The fourth-order valence-corrected chi connectivity index (χ4v) is 9.42. The fraction of sp³-hybridized carbons (Fsp3) is 0.812. The minimum atomic E-state index is -0.216. The Morgan fingerprint density at radius 2 is 1.82 bits per heavy atom. The standard InChI is InChI=1S/C32H52O/c1-9-11-23-20-32(8)27-18-19-31(7)25(22(4)13-10-12-21(2)3)15-16-26(31)24(27)14-17-28(32)30(5,6)29(23)33/h9,16,21-23,25,28-29,33H,1,10-15,17-20H2,2-8H3/t22-,23-,25?,28?,29+,31-,32-/m1/s1. The molecule has 0 radical (unpaired) electrons. The molecule has 1 fully saturated rings. The van der Waals surface area contributed by atoms with E-state index in [1.807, 2.05) is 6.08 Å². The lowest BCUT2D eigenvalue weighted by molar-refractivity contribution is -0.125. The molecule has 7 atom stereocenters. The van der Waals surface area contributed by atoms with E-state index in [1.165, 1.54) is 51.4 Å². The zero-order valence-electron chi connectivity index (χ0n) is 22.8. The predicted molar refractivity (Wildman–Crippen MR) is 142 cm³/mol. The first-order chi connectivity index (χ1) is 15.5. The Morgan fingerprint density at radius 3 is 2.48 bits per heavy atom. The van der Waals surface area contributed by atoms with Crippen molar-refractivity contribution in [1.82, 2.24) is 0 Å². The van der Waals surface area contributed by atoms with Gasteiger partial charge in [0.2, 0.25) is 0 Å². The average Bonchev–Trinajstić information content (AvgIpc) is 3.09. The lowest BCUT2D eigenvalue weighted by Gasteiger charge is -2.61. The molecule has 1 nitrogen and oxygen atoms in total. The normalized spacial score (nSPS) is 40.7. The van der Waals surface area contributed by atoms with E-state index in [9.17, 15) is 5.11 Å². The first-order valence-electron chi connectivity index (χ1n) is 14.2. The van der Waals surface area contributed by atoms with Crippen LogP contribution in [0.25, 0.3) is 0 Å². The van der Waals surface area contributed by atoms with E-state index in [0.29, 0.717) is 17.3 Å². The largest absolute Gasteiger partial charge is 0.392 e. The number of allylic oxidation sites excluding steroid dienone is 5. The number of rotatable bonds is 7. The van der Waals surface area contributed by atoms with Crippen molar-refractivity contribution in [2.75, 3.05) is 0 Å². The topological polar surface area (TPSA) is 20.2 Å². The van der Waals surface area contributed by atoms with Gasteiger partial charge in [0.1, 0.15) is 0 Å². The summed E-state index contributed by atoms with van der Waals surface area (Å²) in [5, 5.41) is 11.3. The molecule has 1 N–H and O–H groups in total. The third-order valence-electron chi connectivity index (χ3n) is 11.1. The summed E-state index contributed by atoms with van der Waals surface area (Å²) in [6.07, 6.45) is 17.1. The van der Waals surface area contributed by atoms with Gasteiger partial charge in [-0.15, -0.1) is 6.58 Å². The highest BCUT2D eigenvalue weighted by molar-refractivity contribution is 5.50. The van der Waals surface area contributed by atoms with Crippen LogP contribution in [0.15, 0.2) is 35.5 Å². The summed E-state index contributed by atoms with van der Waals surface area (Å²) in [7, 11) is 0. The van der Waals surface area contributed by atoms with Crippen LogP contribution in [-0.2, 0) is 0 Å². The maximum Gasteiger partial charge on any atom is 0.0625 e. The zero-order valence-corrected chi connectivity index (χ0v) is 22.8. The number of aliphatic hydroxyl groups is 1. The summed E-state index contributed by atoms with van der Waals surface area (Å²) in [4.78, 5) is 0. The van der Waals surface area contributed by atoms with Gasteiger partial charge in [-0.1, -0.05) is 85.5 Å². The molecule has 1 heteroatoms. The van der Waals surface area contributed by atoms with Crippen LogP contribution in [0.4, 0.5) is 0 Å². The Labute approximate surface area is 205 Å². The minimum absolute atomic E-state index is 0.0303. The predicted octanol–water partition coefficient (Wildman–Crippen LogP) is 8.89. The zero-order chi connectivity index (χ0) is 24.2. The first kappa shape index (κ1) is 25.3. The van der Waals surface area contributed by atoms with Crippen molar-refractivity contribution in [3.8, 4) is 0 Å². The molecule has 4 aliphatic rings. The molecule has 0 spiro atoms. The van der Waals surface area contributed by atoms with E-state index in [2.05, 4.69) is 61.1 Å². The van der Waals surface area contributed by atoms with Gasteiger partial charge in [0.25, 0.3) is 0 Å². The maximum atomic E-state index is 11.3. The number of fused-ring (bicyclic) bond motifs is 4. The summed E-state index contributed by atoms with van der Waals surface area (Å²) in [5.41, 5.74) is 5.86. The van der Waals surface area contributed by atoms with Crippen LogP contribution in [-0.4, -0.2) is 11.2 Å². The van der Waals surface area contributed by atoms with E-state index >= 15 is 0 Å². The van der Waals surface area contributed by atoms with Crippen molar-refractivity contribution >= 4 is 0 Å². The van der Waals surface area contributed by atoms with Gasteiger partial charge < -0.3 is 5.11 Å². The molecule has 1 saturated carbocycles. The molecule has 0 aliphatic heterocycles. The molecule has 0 aromatic rings. The van der Waals surface area contributed by atoms with E-state index in [1.54, 1.807) is 16.7 Å². The van der Waals surface area contributed by atoms with Gasteiger partial charge in [-0.05, 0) is 102 Å². The molecule has 0 amide bonds. The smallest absolute Gasteiger partial charge is 0.0625 e. The Balaban J connectivity index is 1.62. The van der Waals surface area contributed by atoms with Crippen molar-refractivity contribution in [3.63, 3.8) is 0 Å². The van der Waals surface area contributed by atoms with Gasteiger partial charge in [0.05, 0.1) is 6.10 Å². The van der Waals surface area contributed by atoms with Crippen LogP contribution in [0, 0.1) is 45.8 Å². The summed E-state index contributed by atoms with van der Waals surface area (Å²) >= 11 is 0. The second-order valence-electron chi connectivity index (χ2n) is 13.9. The van der Waals surface area contributed by atoms with Gasteiger partial charge in [-0.3, -0.25) is 0 Å². The van der Waals surface area contributed by atoms with E-state index < -0.39 is 0 Å². The second-order valence-corrected chi connectivity index (χ2v) is 13.9. The van der Waals surface area contributed by atoms with E-state index in [-0.39, 0.29) is 16.9 Å². The molecular formula is C32H52O. The van der Waals surface area contributed by atoms with Crippen molar-refractivity contribution in [2.24, 2.45) is 45.8 Å². The van der Waals surface area contributed by atoms with Crippen LogP contribution >= 0.6 is 0 Å². The maximum absolute atomic E-state index is 11.3. The highest BCUT2D eigenvalue weighted by Gasteiger charge is 2.59. The van der Waals surface area contributed by atoms with E-state index in [0.717, 1.165) is 30.6 Å². The van der Waals surface area contributed by atoms with Crippen LogP contribution in [0.3, 0.4) is 0 Å². The first-order valence-corrected chi connectivity index (χ1v) is 14.2. The Morgan fingerprint density at radius 1 is 1.09 bits per heavy atom. The van der Waals surface area contributed by atoms with Gasteiger partial charge in [0.15, 0.2) is 0 Å². The van der Waals surface area contributed by atoms with Crippen molar-refractivity contribution in [2.45, 2.75) is 119 Å². The molecule has 186 valence electrons. The summed E-state index contributed by atoms with van der Waals surface area (Å²) in [5.74, 6) is 3.38. The molecule has 0 bridgehead atoms. The van der Waals surface area contributed by atoms with Crippen molar-refractivity contribution in [1.29, 1.82) is 0 Å². The van der Waals surface area contributed by atoms with Gasteiger partial charge in [-0.25, -0.2) is 0 Å². The van der Waals surface area contributed by atoms with Crippen molar-refractivity contribution < 1.29 is 5.11 Å². The molecular weight excluding hydrogens is 400 g/mol. The summed E-state index contributed by atoms with van der Waals surface area (Å²) in [6.45, 7) is 21.2. The SMILES string of the molecule is C=CC[C@@H]1C[C@]2(C)C3=C(CCC2C(C)(C)[C@H]1O)C1=CCC([C@H](C)CCCC(C)C)[C@@]1(C)CC3. The fourth-order valence-electron chi connectivity index (χ4n) is 9.42. The number of aliphatic hydroxyl groups excluding tert-OH is 1. The summed E-state index contributed by atoms with van der Waals surface area (Å²) < 4.78 is 0. The third kappa shape index (κ3) is 4.03. The molecule has 33 heavy (non-hydrogen) atoms. The monoisotopic (exact) mass is 452 g/mol. The van der Waals surface area contributed by atoms with Crippen LogP contribution in [0.2, 0.25) is 0 Å². The number of hydrogen-bond acceptors (Lipinski definition) is 1. The van der Waals surface area contributed by atoms with Crippen molar-refractivity contribution in [3.05, 3.63) is 35.5 Å². The molecule has 0 heterocycles. The van der Waals surface area contributed by atoms with Gasteiger partial charge >= 0.3 is 0 Å². The summed E-state index contributed by atoms with van der Waals surface area (Å²) in [6, 6.07) is 0. The molecule has 4 rings (SSSR count). The lowest BCUT2D eigenvalue weighted by atomic mass is 9.44. The molecule has 0 saturated heterocycles. The average molecular weight is 453 g/mol. The van der Waals surface area contributed by atoms with Crippen LogP contribution in [0.1, 0.15) is 113 Å². The Bertz CT molecular complexity index is 812. The van der Waals surface area contributed by atoms with Crippen LogP contribution in [0.5, 0.6) is 0 Å². The number of hydrogen-bond donors (Lipinski definition) is 1. The highest BCUT2D eigenvalue weighted by Crippen LogP contribution is 2.67. The van der Waals surface area contributed by atoms with E-state index in [4.69, 9.17) is 0 Å².